The number of nitrogen functional groups attached to an aromatic ring is 1. The predicted octanol–water partition coefficient (Wildman–Crippen LogP) is 1.80. The molecule has 2 rings (SSSR count). The van der Waals surface area contributed by atoms with Gasteiger partial charge in [-0.15, -0.1) is 0 Å². The second-order valence-corrected chi connectivity index (χ2v) is 5.10. The Labute approximate surface area is 131 Å². The molecule has 2 aromatic rings. The number of aliphatic hydroxyl groups is 1. The molecule has 0 aliphatic carbocycles. The third-order valence-electron chi connectivity index (χ3n) is 3.49. The van der Waals surface area contributed by atoms with Gasteiger partial charge in [0.1, 0.15) is 12.0 Å². The minimum Gasteiger partial charge on any atom is -0.395 e. The van der Waals surface area contributed by atoms with E-state index in [9.17, 15) is 0 Å². The molecule has 0 unspecified atom stereocenters. The Morgan fingerprint density at radius 1 is 1.23 bits per heavy atom. The maximum Gasteiger partial charge on any atom is 0.157 e. The van der Waals surface area contributed by atoms with E-state index in [-0.39, 0.29) is 6.61 Å². The van der Waals surface area contributed by atoms with Crippen molar-refractivity contribution in [3.8, 4) is 0 Å². The first-order valence-electron chi connectivity index (χ1n) is 7.41. The molecule has 0 saturated carbocycles. The van der Waals surface area contributed by atoms with Crippen molar-refractivity contribution in [1.82, 2.24) is 9.97 Å². The van der Waals surface area contributed by atoms with Crippen LogP contribution in [-0.2, 0) is 6.54 Å². The van der Waals surface area contributed by atoms with Gasteiger partial charge in [0.25, 0.3) is 0 Å². The molecule has 0 atom stereocenters. The van der Waals surface area contributed by atoms with Gasteiger partial charge >= 0.3 is 0 Å². The first-order valence-corrected chi connectivity index (χ1v) is 7.41. The van der Waals surface area contributed by atoms with Crippen molar-refractivity contribution in [1.29, 1.82) is 0 Å². The Hall–Kier alpha value is -2.34. The summed E-state index contributed by atoms with van der Waals surface area (Å²) >= 11 is 0. The van der Waals surface area contributed by atoms with E-state index < -0.39 is 0 Å². The van der Waals surface area contributed by atoms with E-state index in [4.69, 9.17) is 10.8 Å². The van der Waals surface area contributed by atoms with Gasteiger partial charge in [-0.05, 0) is 19.4 Å². The smallest absolute Gasteiger partial charge is 0.157 e. The number of hydrogen-bond acceptors (Lipinski definition) is 6. The van der Waals surface area contributed by atoms with Crippen molar-refractivity contribution in [2.45, 2.75) is 20.4 Å². The third kappa shape index (κ3) is 3.85. The van der Waals surface area contributed by atoms with Crippen LogP contribution in [0.25, 0.3) is 0 Å². The van der Waals surface area contributed by atoms with Crippen LogP contribution >= 0.6 is 0 Å². The van der Waals surface area contributed by atoms with Crippen LogP contribution in [0.4, 0.5) is 17.3 Å². The normalized spacial score (nSPS) is 10.5. The summed E-state index contributed by atoms with van der Waals surface area (Å²) in [5.41, 5.74) is 9.06. The minimum absolute atomic E-state index is 0.0589. The fourth-order valence-electron chi connectivity index (χ4n) is 2.21. The molecule has 0 saturated heterocycles. The van der Waals surface area contributed by atoms with Gasteiger partial charge in [0, 0.05) is 19.6 Å². The van der Waals surface area contributed by atoms with Crippen LogP contribution in [0.5, 0.6) is 0 Å². The zero-order valence-electron chi connectivity index (χ0n) is 13.1. The molecule has 118 valence electrons. The molecule has 0 bridgehead atoms. The number of rotatable bonds is 7. The zero-order chi connectivity index (χ0) is 15.9. The predicted molar refractivity (Wildman–Crippen MR) is 89.9 cm³/mol. The fourth-order valence-corrected chi connectivity index (χ4v) is 2.21. The van der Waals surface area contributed by atoms with Crippen LogP contribution in [0.1, 0.15) is 18.1 Å². The maximum absolute atomic E-state index is 9.12. The number of benzene rings is 1. The van der Waals surface area contributed by atoms with Crippen molar-refractivity contribution >= 4 is 17.3 Å². The average Bonchev–Trinajstić information content (AvgIpc) is 2.53. The molecule has 1 heterocycles. The molecule has 22 heavy (non-hydrogen) atoms. The van der Waals surface area contributed by atoms with Gasteiger partial charge < -0.3 is 21.1 Å². The molecule has 0 amide bonds. The Bertz CT molecular complexity index is 600. The molecular formula is C16H23N5O. The van der Waals surface area contributed by atoms with E-state index >= 15 is 0 Å². The summed E-state index contributed by atoms with van der Waals surface area (Å²) in [6, 6.07) is 8.30. The van der Waals surface area contributed by atoms with Crippen LogP contribution in [-0.4, -0.2) is 34.8 Å². The zero-order valence-corrected chi connectivity index (χ0v) is 13.1. The summed E-state index contributed by atoms with van der Waals surface area (Å²) in [7, 11) is 0. The minimum atomic E-state index is 0.0589. The van der Waals surface area contributed by atoms with Crippen LogP contribution in [0.3, 0.4) is 0 Å². The van der Waals surface area contributed by atoms with Gasteiger partial charge in [-0.25, -0.2) is 9.97 Å². The largest absolute Gasteiger partial charge is 0.395 e. The molecule has 0 fully saturated rings. The van der Waals surface area contributed by atoms with E-state index in [0.29, 0.717) is 30.4 Å². The molecule has 1 aromatic carbocycles. The van der Waals surface area contributed by atoms with Crippen LogP contribution < -0.4 is 16.0 Å². The van der Waals surface area contributed by atoms with Crippen LogP contribution in [0.2, 0.25) is 0 Å². The van der Waals surface area contributed by atoms with Gasteiger partial charge in [-0.1, -0.05) is 29.8 Å². The number of aryl methyl sites for hydroxylation is 1. The summed E-state index contributed by atoms with van der Waals surface area (Å²) in [6.45, 7) is 5.98. The van der Waals surface area contributed by atoms with Crippen LogP contribution in [0, 0.1) is 6.92 Å². The first kappa shape index (κ1) is 16.0. The van der Waals surface area contributed by atoms with Crippen molar-refractivity contribution in [2.75, 3.05) is 35.6 Å². The average molecular weight is 301 g/mol. The second-order valence-electron chi connectivity index (χ2n) is 5.10. The number of nitrogens with one attached hydrogen (secondary N) is 1. The first-order chi connectivity index (χ1) is 10.7. The quantitative estimate of drug-likeness (QED) is 0.723. The molecular weight excluding hydrogens is 278 g/mol. The van der Waals surface area contributed by atoms with E-state index in [1.54, 1.807) is 0 Å². The Morgan fingerprint density at radius 2 is 1.95 bits per heavy atom. The summed E-state index contributed by atoms with van der Waals surface area (Å²) in [4.78, 5) is 10.4. The molecule has 0 aliphatic heterocycles. The monoisotopic (exact) mass is 301 g/mol. The number of aromatic nitrogens is 2. The molecule has 0 spiro atoms. The molecule has 0 radical (unpaired) electrons. The molecule has 4 N–H and O–H groups in total. The third-order valence-corrected chi connectivity index (χ3v) is 3.49. The second kappa shape index (κ2) is 7.61. The van der Waals surface area contributed by atoms with E-state index in [1.807, 2.05) is 11.8 Å². The van der Waals surface area contributed by atoms with Crippen LogP contribution in [0.15, 0.2) is 30.6 Å². The van der Waals surface area contributed by atoms with Crippen molar-refractivity contribution < 1.29 is 5.11 Å². The maximum atomic E-state index is 9.12. The van der Waals surface area contributed by atoms with Gasteiger partial charge in [0.2, 0.25) is 0 Å². The summed E-state index contributed by atoms with van der Waals surface area (Å²) < 4.78 is 0. The Morgan fingerprint density at radius 3 is 2.59 bits per heavy atom. The lowest BCUT2D eigenvalue weighted by Crippen LogP contribution is -2.28. The highest BCUT2D eigenvalue weighted by molar-refractivity contribution is 5.74. The van der Waals surface area contributed by atoms with Crippen molar-refractivity contribution in [3.63, 3.8) is 0 Å². The summed E-state index contributed by atoms with van der Waals surface area (Å²) in [5, 5.41) is 12.4. The molecule has 0 aliphatic rings. The molecule has 1 aromatic heterocycles. The number of hydrogen-bond donors (Lipinski definition) is 3. The SMILES string of the molecule is CCN(CCO)c1ncnc(NCc2ccc(C)cc2)c1N. The summed E-state index contributed by atoms with van der Waals surface area (Å²) in [6.07, 6.45) is 1.49. The number of anilines is 3. The highest BCUT2D eigenvalue weighted by Crippen LogP contribution is 2.26. The lowest BCUT2D eigenvalue weighted by molar-refractivity contribution is 0.302. The van der Waals surface area contributed by atoms with Crippen molar-refractivity contribution in [2.24, 2.45) is 0 Å². The highest BCUT2D eigenvalue weighted by Gasteiger charge is 2.13. The number of nitrogens with two attached hydrogens (primary N) is 1. The fraction of sp³-hybridized carbons (Fsp3) is 0.375. The number of likely N-dealkylation sites (N-methyl/N-ethyl adjacent to an activating group) is 1. The van der Waals surface area contributed by atoms with Gasteiger partial charge in [0.05, 0.1) is 6.61 Å². The Balaban J connectivity index is 2.12. The number of nitrogens with zero attached hydrogens (tertiary/aromatic N) is 3. The van der Waals surface area contributed by atoms with E-state index in [1.165, 1.54) is 11.9 Å². The topological polar surface area (TPSA) is 87.3 Å². The van der Waals surface area contributed by atoms with Gasteiger partial charge in [-0.3, -0.25) is 0 Å². The molecule has 6 nitrogen and oxygen atoms in total. The van der Waals surface area contributed by atoms with E-state index in [0.717, 1.165) is 12.1 Å². The molecule has 6 heteroatoms. The lowest BCUT2D eigenvalue weighted by Gasteiger charge is -2.23. The number of aliphatic hydroxyl groups excluding tert-OH is 1. The summed E-state index contributed by atoms with van der Waals surface area (Å²) in [5.74, 6) is 1.26. The Kier molecular flexibility index (Phi) is 5.55. The van der Waals surface area contributed by atoms with Gasteiger partial charge in [0.15, 0.2) is 11.6 Å². The van der Waals surface area contributed by atoms with Gasteiger partial charge in [-0.2, -0.15) is 0 Å². The lowest BCUT2D eigenvalue weighted by atomic mass is 10.1. The standard InChI is InChI=1S/C16H23N5O/c1-3-21(8-9-22)16-14(17)15(19-11-20-16)18-10-13-6-4-12(2)5-7-13/h4-7,11,22H,3,8-10,17H2,1-2H3,(H,18,19,20). The van der Waals surface area contributed by atoms with Crippen molar-refractivity contribution in [3.05, 3.63) is 41.7 Å². The highest BCUT2D eigenvalue weighted by atomic mass is 16.3. The van der Waals surface area contributed by atoms with E-state index in [2.05, 4.69) is 46.5 Å².